The largest absolute Gasteiger partial charge is 0.480 e. The fourth-order valence-electron chi connectivity index (χ4n) is 2.23. The summed E-state index contributed by atoms with van der Waals surface area (Å²) < 4.78 is 13.1. The predicted octanol–water partition coefficient (Wildman–Crippen LogP) is 1.88. The monoisotopic (exact) mass is 312 g/mol. The Morgan fingerprint density at radius 3 is 2.95 bits per heavy atom. The zero-order valence-electron chi connectivity index (χ0n) is 11.7. The predicted molar refractivity (Wildman–Crippen MR) is 78.7 cm³/mol. The topological polar surface area (TPSA) is 60.9 Å². The molecule has 2 rings (SSSR count). The minimum absolute atomic E-state index is 0.243. The lowest BCUT2D eigenvalue weighted by molar-refractivity contribution is -0.141. The lowest BCUT2D eigenvalue weighted by Crippen LogP contribution is -2.53. The van der Waals surface area contributed by atoms with Gasteiger partial charge in [-0.15, -0.1) is 0 Å². The van der Waals surface area contributed by atoms with Crippen LogP contribution in [0.5, 0.6) is 0 Å². The van der Waals surface area contributed by atoms with Crippen molar-refractivity contribution in [3.63, 3.8) is 0 Å². The molecule has 1 atom stereocenters. The van der Waals surface area contributed by atoms with E-state index < -0.39 is 12.0 Å². The van der Waals surface area contributed by atoms with Crippen molar-refractivity contribution in [2.45, 2.75) is 12.6 Å². The van der Waals surface area contributed by atoms with Crippen molar-refractivity contribution in [3.05, 3.63) is 35.6 Å². The first-order valence-corrected chi connectivity index (χ1v) is 7.71. The van der Waals surface area contributed by atoms with Gasteiger partial charge in [0.25, 0.3) is 0 Å². The summed E-state index contributed by atoms with van der Waals surface area (Å²) in [4.78, 5) is 26.4. The Balaban J connectivity index is 2.05. The number of carboxylic acids is 1. The summed E-state index contributed by atoms with van der Waals surface area (Å²) in [6.45, 7) is 0.653. The highest BCUT2D eigenvalue weighted by Gasteiger charge is 2.33. The summed E-state index contributed by atoms with van der Waals surface area (Å²) in [5.41, 5.74) is 0.670. The van der Waals surface area contributed by atoms with Gasteiger partial charge >= 0.3 is 12.0 Å². The number of thioether (sulfide) groups is 1. The number of hydrogen-bond acceptors (Lipinski definition) is 3. The van der Waals surface area contributed by atoms with Gasteiger partial charge in [0.05, 0.1) is 0 Å². The molecular weight excluding hydrogens is 295 g/mol. The van der Waals surface area contributed by atoms with Gasteiger partial charge in [-0.2, -0.15) is 11.8 Å². The number of urea groups is 1. The van der Waals surface area contributed by atoms with E-state index in [0.29, 0.717) is 17.9 Å². The van der Waals surface area contributed by atoms with E-state index in [9.17, 15) is 19.1 Å². The highest BCUT2D eigenvalue weighted by atomic mass is 32.2. The molecule has 1 aromatic carbocycles. The number of benzene rings is 1. The van der Waals surface area contributed by atoms with Gasteiger partial charge < -0.3 is 14.9 Å². The molecule has 2 amide bonds. The van der Waals surface area contributed by atoms with Gasteiger partial charge in [0.15, 0.2) is 0 Å². The Kier molecular flexibility index (Phi) is 5.06. The molecule has 1 N–H and O–H groups in total. The number of amides is 2. The molecule has 5 nitrogen and oxygen atoms in total. The van der Waals surface area contributed by atoms with Gasteiger partial charge in [-0.3, -0.25) is 0 Å². The maximum absolute atomic E-state index is 13.1. The second-order valence-corrected chi connectivity index (χ2v) is 6.04. The van der Waals surface area contributed by atoms with Crippen LogP contribution in [0.4, 0.5) is 9.18 Å². The summed E-state index contributed by atoms with van der Waals surface area (Å²) in [6, 6.07) is 4.88. The highest BCUT2D eigenvalue weighted by molar-refractivity contribution is 7.99. The van der Waals surface area contributed by atoms with Gasteiger partial charge in [-0.05, 0) is 17.7 Å². The maximum Gasteiger partial charge on any atom is 0.327 e. The molecular formula is C14H17FN2O3S. The molecule has 1 aliphatic rings. The van der Waals surface area contributed by atoms with Crippen molar-refractivity contribution in [1.82, 2.24) is 9.80 Å². The summed E-state index contributed by atoms with van der Waals surface area (Å²) >= 11 is 1.53. The van der Waals surface area contributed by atoms with Crippen molar-refractivity contribution in [2.75, 3.05) is 25.1 Å². The Morgan fingerprint density at radius 1 is 1.52 bits per heavy atom. The lowest BCUT2D eigenvalue weighted by atomic mass is 10.2. The molecule has 114 valence electrons. The minimum atomic E-state index is -0.991. The van der Waals surface area contributed by atoms with Gasteiger partial charge in [-0.1, -0.05) is 12.1 Å². The van der Waals surface area contributed by atoms with Crippen LogP contribution in [0.2, 0.25) is 0 Å². The van der Waals surface area contributed by atoms with Crippen molar-refractivity contribution >= 4 is 23.8 Å². The Hall–Kier alpha value is -1.76. The maximum atomic E-state index is 13.1. The molecule has 7 heteroatoms. The molecule has 0 aromatic heterocycles. The third-order valence-corrected chi connectivity index (χ3v) is 4.32. The van der Waals surface area contributed by atoms with Gasteiger partial charge in [0.2, 0.25) is 0 Å². The van der Waals surface area contributed by atoms with E-state index in [1.54, 1.807) is 19.2 Å². The fraction of sp³-hybridized carbons (Fsp3) is 0.429. The number of hydrogen-bond donors (Lipinski definition) is 1. The molecule has 0 radical (unpaired) electrons. The first-order valence-electron chi connectivity index (χ1n) is 6.56. The van der Waals surface area contributed by atoms with E-state index in [1.807, 2.05) is 0 Å². The number of aliphatic carboxylic acids is 1. The van der Waals surface area contributed by atoms with Crippen LogP contribution in [-0.2, 0) is 11.3 Å². The summed E-state index contributed by atoms with van der Waals surface area (Å²) in [7, 11) is 1.59. The lowest BCUT2D eigenvalue weighted by Gasteiger charge is -2.35. The number of halogens is 1. The van der Waals surface area contributed by atoms with Crippen LogP contribution < -0.4 is 0 Å². The Morgan fingerprint density at radius 2 is 2.29 bits per heavy atom. The van der Waals surface area contributed by atoms with Crippen LogP contribution >= 0.6 is 11.8 Å². The smallest absolute Gasteiger partial charge is 0.327 e. The molecule has 0 aliphatic carbocycles. The molecule has 1 saturated heterocycles. The van der Waals surface area contributed by atoms with Crippen molar-refractivity contribution in [2.24, 2.45) is 0 Å². The van der Waals surface area contributed by atoms with E-state index in [1.165, 1.54) is 33.7 Å². The average molecular weight is 312 g/mol. The fourth-order valence-corrected chi connectivity index (χ4v) is 3.27. The van der Waals surface area contributed by atoms with Crippen molar-refractivity contribution < 1.29 is 19.1 Å². The molecule has 0 spiro atoms. The number of rotatable bonds is 3. The zero-order valence-corrected chi connectivity index (χ0v) is 12.5. The summed E-state index contributed by atoms with van der Waals surface area (Å²) in [5.74, 6) is -0.223. The summed E-state index contributed by atoms with van der Waals surface area (Å²) in [6.07, 6.45) is 0. The van der Waals surface area contributed by atoms with Gasteiger partial charge in [0.1, 0.15) is 11.9 Å². The second-order valence-electron chi connectivity index (χ2n) is 4.89. The molecule has 0 saturated carbocycles. The van der Waals surface area contributed by atoms with Gasteiger partial charge in [0, 0.05) is 31.6 Å². The van der Waals surface area contributed by atoms with E-state index in [4.69, 9.17) is 0 Å². The van der Waals surface area contributed by atoms with Crippen LogP contribution in [0.15, 0.2) is 24.3 Å². The molecule has 1 unspecified atom stereocenters. The first-order chi connectivity index (χ1) is 9.99. The molecule has 21 heavy (non-hydrogen) atoms. The van der Waals surface area contributed by atoms with Gasteiger partial charge in [-0.25, -0.2) is 14.0 Å². The van der Waals surface area contributed by atoms with E-state index in [0.717, 1.165) is 5.75 Å². The quantitative estimate of drug-likeness (QED) is 0.926. The molecule has 1 aliphatic heterocycles. The molecule has 0 bridgehead atoms. The van der Waals surface area contributed by atoms with E-state index in [-0.39, 0.29) is 18.4 Å². The Bertz CT molecular complexity index is 541. The molecule has 1 aromatic rings. The first kappa shape index (κ1) is 15.6. The van der Waals surface area contributed by atoms with Crippen LogP contribution in [0, 0.1) is 5.82 Å². The van der Waals surface area contributed by atoms with Crippen molar-refractivity contribution in [3.8, 4) is 0 Å². The van der Waals surface area contributed by atoms with Crippen molar-refractivity contribution in [1.29, 1.82) is 0 Å². The van der Waals surface area contributed by atoms with E-state index in [2.05, 4.69) is 0 Å². The number of carbonyl (C=O) groups is 2. The third-order valence-electron chi connectivity index (χ3n) is 3.29. The standard InChI is InChI=1S/C14H17FN2O3S/c1-16(8-10-3-2-4-11(15)7-10)14(20)17-5-6-21-9-12(17)13(18)19/h2-4,7,12H,5-6,8-9H2,1H3,(H,18,19). The SMILES string of the molecule is CN(Cc1cccc(F)c1)C(=O)N1CCSCC1C(=O)O. The normalized spacial score (nSPS) is 18.4. The average Bonchev–Trinajstić information content (AvgIpc) is 2.46. The van der Waals surface area contributed by atoms with E-state index >= 15 is 0 Å². The zero-order chi connectivity index (χ0) is 15.4. The number of carboxylic acid groups (broad SMARTS) is 1. The summed E-state index contributed by atoms with van der Waals surface area (Å²) in [5, 5.41) is 9.19. The van der Waals surface area contributed by atoms with Crippen LogP contribution in [0.25, 0.3) is 0 Å². The number of carbonyl (C=O) groups excluding carboxylic acids is 1. The highest BCUT2D eigenvalue weighted by Crippen LogP contribution is 2.19. The molecule has 1 fully saturated rings. The van der Waals surface area contributed by atoms with Crippen LogP contribution in [0.1, 0.15) is 5.56 Å². The Labute approximate surface area is 126 Å². The minimum Gasteiger partial charge on any atom is -0.480 e. The van der Waals surface area contributed by atoms with Crippen LogP contribution in [-0.4, -0.2) is 58.0 Å². The molecule has 1 heterocycles. The second kappa shape index (κ2) is 6.80. The third kappa shape index (κ3) is 3.87. The van der Waals surface area contributed by atoms with Crippen LogP contribution in [0.3, 0.4) is 0 Å². The number of nitrogens with zero attached hydrogens (tertiary/aromatic N) is 2.